The number of epoxide rings is 1. The van der Waals surface area contributed by atoms with Crippen LogP contribution >= 0.6 is 0 Å². The molecule has 8 aromatic rings. The minimum atomic E-state index is 0.907. The molecule has 2 heteroatoms. The molecular formula is C62H62O2. The molecule has 0 aromatic heterocycles. The molecule has 0 radical (unpaired) electrons. The summed E-state index contributed by atoms with van der Waals surface area (Å²) in [5.41, 5.74) is 16.1. The lowest BCUT2D eigenvalue weighted by Crippen LogP contribution is -2.08. The van der Waals surface area contributed by atoms with E-state index in [0.29, 0.717) is 0 Å². The number of hydrogen-bond acceptors (Lipinski definition) is 2. The fourth-order valence-corrected chi connectivity index (χ4v) is 8.61. The van der Waals surface area contributed by atoms with Crippen LogP contribution < -0.4 is 4.74 Å². The van der Waals surface area contributed by atoms with Crippen LogP contribution in [-0.2, 0) is 81.8 Å². The molecule has 0 aliphatic carbocycles. The molecule has 0 N–H and O–H groups in total. The van der Waals surface area contributed by atoms with E-state index in [4.69, 9.17) is 4.74 Å². The normalized spacial score (nSPS) is 11.7. The van der Waals surface area contributed by atoms with Crippen LogP contribution in [0.2, 0.25) is 0 Å². The Kier molecular flexibility index (Phi) is 16.4. The summed E-state index contributed by atoms with van der Waals surface area (Å²) < 4.78 is 12.2. The highest BCUT2D eigenvalue weighted by molar-refractivity contribution is 5.53. The van der Waals surface area contributed by atoms with Crippen molar-refractivity contribution in [3.05, 3.63) is 273 Å². The van der Waals surface area contributed by atoms with E-state index in [0.717, 1.165) is 102 Å². The van der Waals surface area contributed by atoms with Crippen molar-refractivity contribution in [2.75, 3.05) is 13.2 Å². The van der Waals surface area contributed by atoms with Crippen molar-refractivity contribution in [1.29, 1.82) is 0 Å². The van der Waals surface area contributed by atoms with E-state index in [-0.39, 0.29) is 0 Å². The van der Waals surface area contributed by atoms with Crippen LogP contribution in [0.25, 0.3) is 0 Å². The van der Waals surface area contributed by atoms with Gasteiger partial charge in [0.05, 0.1) is 13.2 Å². The first-order chi connectivity index (χ1) is 31.7. The summed E-state index contributed by atoms with van der Waals surface area (Å²) in [6, 6.07) is 75.5. The monoisotopic (exact) mass is 838 g/mol. The second-order valence-corrected chi connectivity index (χ2v) is 17.1. The Balaban J connectivity index is 0.00000179. The third-order valence-electron chi connectivity index (χ3n) is 12.2. The van der Waals surface area contributed by atoms with Gasteiger partial charge in [0.1, 0.15) is 11.5 Å². The highest BCUT2D eigenvalue weighted by Crippen LogP contribution is 2.39. The zero-order chi connectivity index (χ0) is 43.4. The van der Waals surface area contributed by atoms with Crippen molar-refractivity contribution in [1.82, 2.24) is 0 Å². The summed E-state index contributed by atoms with van der Waals surface area (Å²) in [5.74, 6) is 2.10. The van der Waals surface area contributed by atoms with Crippen LogP contribution in [0.1, 0.15) is 66.8 Å². The molecule has 0 amide bonds. The average Bonchev–Trinajstić information content (AvgIpc) is 4.26. The standard InChI is InChI=1S/C60H58O.C2H4O/c1-7-19-47(20-8-1)31-33-53-43-55(39-35-49-23-11-3-12-24-49)59(56(44-53)40-36-50-25-13-4-14-26-50)61-60-57(41-37-51-27-15-5-16-28-51)45-54(34-32-48-21-9-2-10-22-48)46-58(60)42-38-52-29-17-6-18-30-52;1-2-3-1/h1-30,43-46H,31-42H2;1-2H2. The van der Waals surface area contributed by atoms with Gasteiger partial charge < -0.3 is 9.47 Å². The fraction of sp³-hybridized carbons (Fsp3) is 0.226. The maximum Gasteiger partial charge on any atom is 0.133 e. The zero-order valence-electron chi connectivity index (χ0n) is 37.3. The lowest BCUT2D eigenvalue weighted by atomic mass is 9.91. The number of rotatable bonds is 20. The fourth-order valence-electron chi connectivity index (χ4n) is 8.61. The summed E-state index contributed by atoms with van der Waals surface area (Å²) in [6.45, 7) is 2.00. The first-order valence-electron chi connectivity index (χ1n) is 23.5. The van der Waals surface area contributed by atoms with Crippen LogP contribution in [0.5, 0.6) is 11.5 Å². The van der Waals surface area contributed by atoms with Crippen LogP contribution in [-0.4, -0.2) is 13.2 Å². The van der Waals surface area contributed by atoms with Gasteiger partial charge in [0.15, 0.2) is 0 Å². The molecule has 0 atom stereocenters. The Hall–Kier alpha value is -6.48. The maximum atomic E-state index is 7.69. The van der Waals surface area contributed by atoms with E-state index in [9.17, 15) is 0 Å². The molecular weight excluding hydrogens is 777 g/mol. The predicted molar refractivity (Wildman–Crippen MR) is 267 cm³/mol. The molecule has 0 unspecified atom stereocenters. The van der Waals surface area contributed by atoms with Crippen LogP contribution in [0.15, 0.2) is 206 Å². The molecule has 1 fully saturated rings. The number of hydrogen-bond donors (Lipinski definition) is 0. The minimum Gasteiger partial charge on any atom is -0.456 e. The highest BCUT2D eigenvalue weighted by atomic mass is 16.6. The van der Waals surface area contributed by atoms with E-state index < -0.39 is 0 Å². The van der Waals surface area contributed by atoms with Gasteiger partial charge in [0.25, 0.3) is 0 Å². The second-order valence-electron chi connectivity index (χ2n) is 17.1. The molecule has 1 saturated heterocycles. The van der Waals surface area contributed by atoms with Crippen molar-refractivity contribution < 1.29 is 9.47 Å². The van der Waals surface area contributed by atoms with E-state index in [2.05, 4.69) is 211 Å². The van der Waals surface area contributed by atoms with Gasteiger partial charge in [-0.05, 0) is 144 Å². The van der Waals surface area contributed by atoms with Gasteiger partial charge >= 0.3 is 0 Å². The molecule has 0 bridgehead atoms. The molecule has 8 aromatic carbocycles. The maximum absolute atomic E-state index is 7.69. The average molecular weight is 839 g/mol. The number of aryl methyl sites for hydroxylation is 12. The lowest BCUT2D eigenvalue weighted by molar-refractivity contribution is 0.456. The van der Waals surface area contributed by atoms with Gasteiger partial charge in [-0.1, -0.05) is 206 Å². The van der Waals surface area contributed by atoms with Gasteiger partial charge in [-0.3, -0.25) is 0 Å². The van der Waals surface area contributed by atoms with Crippen molar-refractivity contribution in [2.24, 2.45) is 0 Å². The Morgan fingerprint density at radius 2 is 0.438 bits per heavy atom. The molecule has 1 aliphatic heterocycles. The summed E-state index contributed by atoms with van der Waals surface area (Å²) in [7, 11) is 0. The smallest absolute Gasteiger partial charge is 0.133 e. The van der Waals surface area contributed by atoms with Crippen molar-refractivity contribution in [3.63, 3.8) is 0 Å². The third kappa shape index (κ3) is 14.0. The molecule has 322 valence electrons. The Morgan fingerprint density at radius 1 is 0.250 bits per heavy atom. The van der Waals surface area contributed by atoms with E-state index in [1.807, 2.05) is 0 Å². The quantitative estimate of drug-likeness (QED) is 0.0713. The summed E-state index contributed by atoms with van der Waals surface area (Å²) in [6.07, 6.45) is 11.4. The van der Waals surface area contributed by atoms with Crippen molar-refractivity contribution in [3.8, 4) is 11.5 Å². The summed E-state index contributed by atoms with van der Waals surface area (Å²) >= 11 is 0. The second kappa shape index (κ2) is 23.8. The Bertz CT molecular complexity index is 2260. The topological polar surface area (TPSA) is 21.8 Å². The van der Waals surface area contributed by atoms with Crippen LogP contribution in [0, 0.1) is 0 Å². The molecule has 0 saturated carbocycles. The van der Waals surface area contributed by atoms with Gasteiger partial charge in [-0.2, -0.15) is 0 Å². The van der Waals surface area contributed by atoms with Gasteiger partial charge in [-0.15, -0.1) is 0 Å². The first-order valence-corrected chi connectivity index (χ1v) is 23.5. The van der Waals surface area contributed by atoms with Gasteiger partial charge in [-0.25, -0.2) is 0 Å². The van der Waals surface area contributed by atoms with Crippen molar-refractivity contribution >= 4 is 0 Å². The summed E-state index contributed by atoms with van der Waals surface area (Å²) in [5, 5.41) is 0. The first kappa shape index (κ1) is 44.1. The van der Waals surface area contributed by atoms with E-state index in [1.54, 1.807) is 0 Å². The molecule has 9 rings (SSSR count). The van der Waals surface area contributed by atoms with Crippen molar-refractivity contribution in [2.45, 2.75) is 77.0 Å². The molecule has 1 heterocycles. The zero-order valence-corrected chi connectivity index (χ0v) is 37.3. The number of ether oxygens (including phenoxy) is 2. The summed E-state index contributed by atoms with van der Waals surface area (Å²) in [4.78, 5) is 0. The van der Waals surface area contributed by atoms with Gasteiger partial charge in [0.2, 0.25) is 0 Å². The highest BCUT2D eigenvalue weighted by Gasteiger charge is 2.20. The van der Waals surface area contributed by atoms with Gasteiger partial charge in [0, 0.05) is 0 Å². The Morgan fingerprint density at radius 3 is 0.641 bits per heavy atom. The van der Waals surface area contributed by atoms with Crippen LogP contribution in [0.3, 0.4) is 0 Å². The van der Waals surface area contributed by atoms with E-state index >= 15 is 0 Å². The largest absolute Gasteiger partial charge is 0.456 e. The lowest BCUT2D eigenvalue weighted by Gasteiger charge is -2.23. The number of benzene rings is 8. The predicted octanol–water partition coefficient (Wildman–Crippen LogP) is 14.2. The Labute approximate surface area is 382 Å². The van der Waals surface area contributed by atoms with E-state index in [1.165, 1.54) is 66.8 Å². The third-order valence-corrected chi connectivity index (χ3v) is 12.2. The van der Waals surface area contributed by atoms with Crippen LogP contribution in [0.4, 0.5) is 0 Å². The SMILES string of the molecule is C1CO1.c1ccc(CCc2cc(CCc3ccccc3)c(Oc3c(CCc4ccccc4)cc(CCc4ccccc4)cc3CCc3ccccc3)c(CCc3ccccc3)c2)cc1. The molecule has 64 heavy (non-hydrogen) atoms. The molecule has 1 aliphatic rings. The molecule has 0 spiro atoms. The molecule has 2 nitrogen and oxygen atoms in total. The minimum absolute atomic E-state index is 0.907.